The van der Waals surface area contributed by atoms with Gasteiger partial charge in [-0.15, -0.1) is 11.8 Å². The zero-order valence-electron chi connectivity index (χ0n) is 10.1. The second-order valence-electron chi connectivity index (χ2n) is 4.20. The predicted octanol–water partition coefficient (Wildman–Crippen LogP) is 3.43. The lowest BCUT2D eigenvalue weighted by Crippen LogP contribution is -1.92. The van der Waals surface area contributed by atoms with E-state index >= 15 is 0 Å². The number of fused-ring (bicyclic) bond motifs is 1. The molecule has 5 heteroatoms. The van der Waals surface area contributed by atoms with Crippen LogP contribution in [-0.4, -0.2) is 6.79 Å². The van der Waals surface area contributed by atoms with Crippen LogP contribution in [0.15, 0.2) is 41.3 Å². The lowest BCUT2D eigenvalue weighted by atomic mass is 10.2. The number of rotatable bonds is 3. The fourth-order valence-corrected chi connectivity index (χ4v) is 2.79. The molecule has 98 valence electrons. The number of halogens is 1. The Morgan fingerprint density at radius 3 is 2.79 bits per heavy atom. The highest BCUT2D eigenvalue weighted by molar-refractivity contribution is 7.98. The normalized spacial score (nSPS) is 12.7. The molecule has 2 aromatic rings. The fourth-order valence-electron chi connectivity index (χ4n) is 1.87. The molecule has 2 N–H and O–H groups in total. The fraction of sp³-hybridized carbons (Fsp3) is 0.143. The van der Waals surface area contributed by atoms with Crippen LogP contribution in [0.5, 0.6) is 11.5 Å². The number of thioether (sulfide) groups is 1. The quantitative estimate of drug-likeness (QED) is 0.689. The topological polar surface area (TPSA) is 44.5 Å². The van der Waals surface area contributed by atoms with Crippen LogP contribution in [0, 0.1) is 5.82 Å². The van der Waals surface area contributed by atoms with Gasteiger partial charge in [-0.25, -0.2) is 4.39 Å². The van der Waals surface area contributed by atoms with Crippen molar-refractivity contribution in [1.29, 1.82) is 0 Å². The molecule has 0 unspecified atom stereocenters. The molecule has 3 rings (SSSR count). The van der Waals surface area contributed by atoms with Gasteiger partial charge >= 0.3 is 0 Å². The van der Waals surface area contributed by atoms with E-state index < -0.39 is 0 Å². The number of nitrogens with two attached hydrogens (primary N) is 1. The summed E-state index contributed by atoms with van der Waals surface area (Å²) < 4.78 is 23.8. The molecule has 0 fully saturated rings. The van der Waals surface area contributed by atoms with Crippen LogP contribution in [-0.2, 0) is 5.75 Å². The average molecular weight is 277 g/mol. The van der Waals surface area contributed by atoms with Crippen molar-refractivity contribution < 1.29 is 13.9 Å². The molecule has 1 heterocycles. The summed E-state index contributed by atoms with van der Waals surface area (Å²) in [6, 6.07) is 10.4. The third kappa shape index (κ3) is 2.76. The zero-order valence-corrected chi connectivity index (χ0v) is 10.9. The van der Waals surface area contributed by atoms with Crippen LogP contribution in [0.1, 0.15) is 5.56 Å². The van der Waals surface area contributed by atoms with E-state index in [1.54, 1.807) is 6.07 Å². The van der Waals surface area contributed by atoms with Gasteiger partial charge in [0.2, 0.25) is 6.79 Å². The van der Waals surface area contributed by atoms with E-state index in [0.29, 0.717) is 5.69 Å². The lowest BCUT2D eigenvalue weighted by molar-refractivity contribution is 0.174. The Hall–Kier alpha value is -1.88. The largest absolute Gasteiger partial charge is 0.454 e. The maximum Gasteiger partial charge on any atom is 0.231 e. The molecule has 0 aromatic heterocycles. The van der Waals surface area contributed by atoms with Gasteiger partial charge in [0.25, 0.3) is 0 Å². The van der Waals surface area contributed by atoms with Crippen molar-refractivity contribution >= 4 is 17.4 Å². The maximum atomic E-state index is 13.2. The minimum atomic E-state index is -0.312. The molecule has 0 aliphatic carbocycles. The maximum absolute atomic E-state index is 13.2. The van der Waals surface area contributed by atoms with E-state index in [1.165, 1.54) is 23.9 Å². The number of hydrogen-bond donors (Lipinski definition) is 1. The average Bonchev–Trinajstić information content (AvgIpc) is 2.82. The smallest absolute Gasteiger partial charge is 0.231 e. The van der Waals surface area contributed by atoms with Crippen molar-refractivity contribution in [3.63, 3.8) is 0 Å². The molecule has 3 nitrogen and oxygen atoms in total. The van der Waals surface area contributed by atoms with Gasteiger partial charge in [0.15, 0.2) is 11.5 Å². The number of ether oxygens (including phenoxy) is 2. The Morgan fingerprint density at radius 2 is 1.95 bits per heavy atom. The summed E-state index contributed by atoms with van der Waals surface area (Å²) in [5, 5.41) is 0. The van der Waals surface area contributed by atoms with Crippen LogP contribution in [0.25, 0.3) is 0 Å². The van der Waals surface area contributed by atoms with Gasteiger partial charge in [-0.2, -0.15) is 0 Å². The number of benzene rings is 2. The Balaban J connectivity index is 1.72. The van der Waals surface area contributed by atoms with E-state index in [-0.39, 0.29) is 12.6 Å². The van der Waals surface area contributed by atoms with E-state index in [1.807, 2.05) is 18.2 Å². The summed E-state index contributed by atoms with van der Waals surface area (Å²) in [6.07, 6.45) is 0. The molecule has 19 heavy (non-hydrogen) atoms. The lowest BCUT2D eigenvalue weighted by Gasteiger charge is -2.05. The van der Waals surface area contributed by atoms with Crippen molar-refractivity contribution in [2.75, 3.05) is 12.5 Å². The molecule has 0 spiro atoms. The van der Waals surface area contributed by atoms with Crippen molar-refractivity contribution in [1.82, 2.24) is 0 Å². The summed E-state index contributed by atoms with van der Waals surface area (Å²) in [6.45, 7) is 0.270. The molecular weight excluding hydrogens is 265 g/mol. The summed E-state index contributed by atoms with van der Waals surface area (Å²) in [4.78, 5) is 0.815. The molecule has 0 saturated heterocycles. The Bertz CT molecular complexity index is 598. The van der Waals surface area contributed by atoms with E-state index in [9.17, 15) is 4.39 Å². The van der Waals surface area contributed by atoms with Crippen LogP contribution >= 0.6 is 11.8 Å². The third-order valence-corrected chi connectivity index (χ3v) is 3.78. The first kappa shape index (κ1) is 12.2. The summed E-state index contributed by atoms with van der Waals surface area (Å²) in [5.74, 6) is 1.94. The first-order valence-corrected chi connectivity index (χ1v) is 6.77. The Labute approximate surface area is 114 Å². The molecule has 1 aliphatic rings. The van der Waals surface area contributed by atoms with Crippen molar-refractivity contribution in [2.45, 2.75) is 10.6 Å². The molecule has 0 bridgehead atoms. The molecule has 0 saturated carbocycles. The van der Waals surface area contributed by atoms with Crippen LogP contribution in [0.2, 0.25) is 0 Å². The molecule has 0 radical (unpaired) electrons. The van der Waals surface area contributed by atoms with Crippen LogP contribution in [0.4, 0.5) is 10.1 Å². The van der Waals surface area contributed by atoms with Gasteiger partial charge in [-0.1, -0.05) is 6.07 Å². The summed E-state index contributed by atoms with van der Waals surface area (Å²) in [7, 11) is 0. The second kappa shape index (κ2) is 5.01. The van der Waals surface area contributed by atoms with E-state index in [4.69, 9.17) is 15.2 Å². The molecular formula is C14H12FNO2S. The van der Waals surface area contributed by atoms with Crippen molar-refractivity contribution in [3.8, 4) is 11.5 Å². The highest BCUT2D eigenvalue weighted by atomic mass is 32.2. The third-order valence-electron chi connectivity index (χ3n) is 2.74. The van der Waals surface area contributed by atoms with Crippen molar-refractivity contribution in [2.24, 2.45) is 0 Å². The minimum absolute atomic E-state index is 0.270. The minimum Gasteiger partial charge on any atom is -0.454 e. The summed E-state index contributed by atoms with van der Waals surface area (Å²) >= 11 is 1.53. The van der Waals surface area contributed by atoms with Gasteiger partial charge in [-0.05, 0) is 35.9 Å². The Morgan fingerprint density at radius 1 is 1.11 bits per heavy atom. The monoisotopic (exact) mass is 277 g/mol. The van der Waals surface area contributed by atoms with Crippen molar-refractivity contribution in [3.05, 3.63) is 47.8 Å². The van der Waals surface area contributed by atoms with Gasteiger partial charge in [-0.3, -0.25) is 0 Å². The Kier molecular flexibility index (Phi) is 3.21. The van der Waals surface area contributed by atoms with Gasteiger partial charge in [0.05, 0.1) is 0 Å². The molecule has 0 atom stereocenters. The van der Waals surface area contributed by atoms with Crippen LogP contribution < -0.4 is 15.2 Å². The number of nitrogen functional groups attached to an aromatic ring is 1. The summed E-state index contributed by atoms with van der Waals surface area (Å²) in [5.41, 5.74) is 7.14. The van der Waals surface area contributed by atoms with Gasteiger partial charge in [0.1, 0.15) is 5.82 Å². The van der Waals surface area contributed by atoms with Gasteiger partial charge < -0.3 is 15.2 Å². The molecule has 2 aromatic carbocycles. The first-order valence-electron chi connectivity index (χ1n) is 5.78. The van der Waals surface area contributed by atoms with E-state index in [2.05, 4.69) is 0 Å². The SMILES string of the molecule is Nc1cc(F)cc(SCc2ccc3c(c2)OCO3)c1. The number of anilines is 1. The van der Waals surface area contributed by atoms with E-state index in [0.717, 1.165) is 27.7 Å². The zero-order chi connectivity index (χ0) is 13.2. The highest BCUT2D eigenvalue weighted by Crippen LogP contribution is 2.34. The molecule has 1 aliphatic heterocycles. The van der Waals surface area contributed by atoms with Crippen LogP contribution in [0.3, 0.4) is 0 Å². The molecule has 0 amide bonds. The highest BCUT2D eigenvalue weighted by Gasteiger charge is 2.13. The predicted molar refractivity (Wildman–Crippen MR) is 72.9 cm³/mol. The number of hydrogen-bond acceptors (Lipinski definition) is 4. The second-order valence-corrected chi connectivity index (χ2v) is 5.25. The van der Waals surface area contributed by atoms with Gasteiger partial charge in [0, 0.05) is 16.3 Å². The first-order chi connectivity index (χ1) is 9.20. The standard InChI is InChI=1S/C14H12FNO2S/c15-10-4-11(16)6-12(5-10)19-7-9-1-2-13-14(3-9)18-8-17-13/h1-6H,7-8,16H2.